The molecule has 4 nitrogen and oxygen atoms in total. The average Bonchev–Trinajstić information content (AvgIpc) is 3.03. The molecule has 3 fully saturated rings. The summed E-state index contributed by atoms with van der Waals surface area (Å²) < 4.78 is 0. The Morgan fingerprint density at radius 1 is 0.909 bits per heavy atom. The number of carboxylic acid groups (broad SMARTS) is 1. The lowest BCUT2D eigenvalue weighted by atomic mass is 9.87. The van der Waals surface area contributed by atoms with Crippen LogP contribution in [-0.4, -0.2) is 52.7 Å². The van der Waals surface area contributed by atoms with E-state index < -0.39 is 6.09 Å². The zero-order chi connectivity index (χ0) is 15.4. The molecule has 3 rings (SSSR count). The van der Waals surface area contributed by atoms with E-state index in [0.29, 0.717) is 5.92 Å². The SMILES string of the molecule is O=C(O)N1CC[C@@H](CN(C2CCCCC2)C2CCCCC2)C1. The minimum absolute atomic E-state index is 0.556. The third kappa shape index (κ3) is 3.95. The van der Waals surface area contributed by atoms with Crippen molar-refractivity contribution in [3.05, 3.63) is 0 Å². The van der Waals surface area contributed by atoms with Crippen LogP contribution in [0.2, 0.25) is 0 Å². The van der Waals surface area contributed by atoms with Crippen molar-refractivity contribution in [3.63, 3.8) is 0 Å². The Labute approximate surface area is 134 Å². The summed E-state index contributed by atoms with van der Waals surface area (Å²) in [5, 5.41) is 9.17. The molecule has 3 aliphatic rings. The highest BCUT2D eigenvalue weighted by atomic mass is 16.4. The second kappa shape index (κ2) is 7.67. The van der Waals surface area contributed by atoms with Crippen LogP contribution in [0.4, 0.5) is 4.79 Å². The van der Waals surface area contributed by atoms with Gasteiger partial charge in [0, 0.05) is 31.7 Å². The number of rotatable bonds is 4. The number of hydrogen-bond donors (Lipinski definition) is 1. The highest BCUT2D eigenvalue weighted by Gasteiger charge is 2.33. The lowest BCUT2D eigenvalue weighted by molar-refractivity contribution is 0.0649. The normalized spacial score (nSPS) is 28.4. The fraction of sp³-hybridized carbons (Fsp3) is 0.944. The molecule has 1 amide bonds. The van der Waals surface area contributed by atoms with Crippen molar-refractivity contribution in [3.8, 4) is 0 Å². The fourth-order valence-corrected chi connectivity index (χ4v) is 4.88. The zero-order valence-electron chi connectivity index (χ0n) is 13.9. The highest BCUT2D eigenvalue weighted by molar-refractivity contribution is 5.65. The third-order valence-electron chi connectivity index (χ3n) is 6.11. The first-order valence-electron chi connectivity index (χ1n) is 9.47. The molecule has 1 aliphatic heterocycles. The maximum atomic E-state index is 11.1. The van der Waals surface area contributed by atoms with Crippen LogP contribution in [0.1, 0.15) is 70.6 Å². The summed E-state index contributed by atoms with van der Waals surface area (Å²) in [7, 11) is 0. The van der Waals surface area contributed by atoms with Gasteiger partial charge in [0.05, 0.1) is 0 Å². The van der Waals surface area contributed by atoms with Crippen LogP contribution in [0.15, 0.2) is 0 Å². The fourth-order valence-electron chi connectivity index (χ4n) is 4.88. The van der Waals surface area contributed by atoms with Gasteiger partial charge in [-0.2, -0.15) is 0 Å². The molecule has 1 N–H and O–H groups in total. The highest BCUT2D eigenvalue weighted by Crippen LogP contribution is 2.32. The van der Waals surface area contributed by atoms with Crippen molar-refractivity contribution in [2.24, 2.45) is 5.92 Å². The summed E-state index contributed by atoms with van der Waals surface area (Å²) in [5.41, 5.74) is 0. The summed E-state index contributed by atoms with van der Waals surface area (Å²) in [5.74, 6) is 0.556. The van der Waals surface area contributed by atoms with Crippen molar-refractivity contribution in [1.82, 2.24) is 9.80 Å². The summed E-state index contributed by atoms with van der Waals surface area (Å²) in [6, 6.07) is 1.55. The molecule has 0 aromatic carbocycles. The second-order valence-electron chi connectivity index (χ2n) is 7.66. The van der Waals surface area contributed by atoms with E-state index in [1.54, 1.807) is 4.90 Å². The van der Waals surface area contributed by atoms with Crippen molar-refractivity contribution >= 4 is 6.09 Å². The van der Waals surface area contributed by atoms with Gasteiger partial charge < -0.3 is 10.0 Å². The molecule has 126 valence electrons. The van der Waals surface area contributed by atoms with E-state index in [0.717, 1.165) is 38.1 Å². The average molecular weight is 308 g/mol. The zero-order valence-corrected chi connectivity index (χ0v) is 13.9. The van der Waals surface area contributed by atoms with E-state index in [4.69, 9.17) is 0 Å². The van der Waals surface area contributed by atoms with E-state index in [2.05, 4.69) is 4.90 Å². The summed E-state index contributed by atoms with van der Waals surface area (Å²) in [6.45, 7) is 2.63. The molecule has 1 saturated heterocycles. The van der Waals surface area contributed by atoms with E-state index in [1.807, 2.05) is 0 Å². The summed E-state index contributed by atoms with van der Waals surface area (Å²) in [4.78, 5) is 15.6. The predicted octanol–water partition coefficient (Wildman–Crippen LogP) is 3.95. The molecule has 0 aromatic heterocycles. The first kappa shape index (κ1) is 16.1. The van der Waals surface area contributed by atoms with Crippen LogP contribution in [0.25, 0.3) is 0 Å². The number of hydrogen-bond acceptors (Lipinski definition) is 2. The summed E-state index contributed by atoms with van der Waals surface area (Å²) >= 11 is 0. The molecule has 1 heterocycles. The van der Waals surface area contributed by atoms with Gasteiger partial charge in [-0.15, -0.1) is 0 Å². The minimum Gasteiger partial charge on any atom is -0.465 e. The minimum atomic E-state index is -0.732. The van der Waals surface area contributed by atoms with E-state index >= 15 is 0 Å². The number of amides is 1. The maximum absolute atomic E-state index is 11.1. The summed E-state index contributed by atoms with van der Waals surface area (Å²) in [6.07, 6.45) is 14.2. The van der Waals surface area contributed by atoms with Crippen molar-refractivity contribution in [2.75, 3.05) is 19.6 Å². The number of carbonyl (C=O) groups is 1. The van der Waals surface area contributed by atoms with Crippen molar-refractivity contribution in [2.45, 2.75) is 82.7 Å². The molecule has 0 bridgehead atoms. The second-order valence-corrected chi connectivity index (χ2v) is 7.66. The number of nitrogens with zero attached hydrogens (tertiary/aromatic N) is 2. The van der Waals surface area contributed by atoms with Gasteiger partial charge in [-0.1, -0.05) is 38.5 Å². The van der Waals surface area contributed by atoms with Gasteiger partial charge >= 0.3 is 6.09 Å². The van der Waals surface area contributed by atoms with Gasteiger partial charge in [-0.05, 0) is 38.0 Å². The van der Waals surface area contributed by atoms with Gasteiger partial charge in [0.25, 0.3) is 0 Å². The Morgan fingerprint density at radius 3 is 1.91 bits per heavy atom. The van der Waals surface area contributed by atoms with Crippen LogP contribution < -0.4 is 0 Å². The first-order valence-corrected chi connectivity index (χ1v) is 9.47. The van der Waals surface area contributed by atoms with Gasteiger partial charge in [0.1, 0.15) is 0 Å². The van der Waals surface area contributed by atoms with E-state index in [9.17, 15) is 9.90 Å². The van der Waals surface area contributed by atoms with Crippen molar-refractivity contribution in [1.29, 1.82) is 0 Å². The van der Waals surface area contributed by atoms with Crippen LogP contribution in [-0.2, 0) is 0 Å². The standard InChI is InChI=1S/C18H32N2O2/c21-18(22)19-12-11-15(13-19)14-20(16-7-3-1-4-8-16)17-9-5-2-6-10-17/h15-17H,1-14H2,(H,21,22)/t15-/m1/s1. The number of likely N-dealkylation sites (tertiary alicyclic amines) is 1. The lowest BCUT2D eigenvalue weighted by Gasteiger charge is -2.43. The Hall–Kier alpha value is -0.770. The largest absolute Gasteiger partial charge is 0.465 e. The molecule has 1 atom stereocenters. The smallest absolute Gasteiger partial charge is 0.407 e. The molecule has 0 spiro atoms. The van der Waals surface area contributed by atoms with Crippen molar-refractivity contribution < 1.29 is 9.90 Å². The Kier molecular flexibility index (Phi) is 5.61. The molecule has 0 aromatic rings. The molecular formula is C18H32N2O2. The van der Waals surface area contributed by atoms with Crippen LogP contribution >= 0.6 is 0 Å². The molecule has 0 radical (unpaired) electrons. The van der Waals surface area contributed by atoms with Crippen LogP contribution in [0.5, 0.6) is 0 Å². The van der Waals surface area contributed by atoms with Gasteiger partial charge in [-0.25, -0.2) is 4.79 Å². The lowest BCUT2D eigenvalue weighted by Crippen LogP contribution is -2.47. The van der Waals surface area contributed by atoms with Gasteiger partial charge in [0.15, 0.2) is 0 Å². The predicted molar refractivity (Wildman–Crippen MR) is 88.2 cm³/mol. The monoisotopic (exact) mass is 308 g/mol. The van der Waals surface area contributed by atoms with Crippen LogP contribution in [0, 0.1) is 5.92 Å². The van der Waals surface area contributed by atoms with Gasteiger partial charge in [0.2, 0.25) is 0 Å². The quantitative estimate of drug-likeness (QED) is 0.855. The molecular weight excluding hydrogens is 276 g/mol. The topological polar surface area (TPSA) is 43.8 Å². The third-order valence-corrected chi connectivity index (χ3v) is 6.11. The van der Waals surface area contributed by atoms with E-state index in [1.165, 1.54) is 64.2 Å². The Balaban J connectivity index is 1.61. The van der Waals surface area contributed by atoms with Gasteiger partial charge in [-0.3, -0.25) is 4.90 Å². The molecule has 0 unspecified atom stereocenters. The molecule has 2 saturated carbocycles. The molecule has 4 heteroatoms. The van der Waals surface area contributed by atoms with Crippen LogP contribution in [0.3, 0.4) is 0 Å². The Morgan fingerprint density at radius 2 is 1.45 bits per heavy atom. The van der Waals surface area contributed by atoms with E-state index in [-0.39, 0.29) is 0 Å². The molecule has 22 heavy (non-hydrogen) atoms. The first-order chi connectivity index (χ1) is 10.7. The maximum Gasteiger partial charge on any atom is 0.407 e. The Bertz CT molecular complexity index is 344. The molecule has 2 aliphatic carbocycles.